The quantitative estimate of drug-likeness (QED) is 0.464. The number of carbonyl (C=O) groups is 2. The van der Waals surface area contributed by atoms with Crippen LogP contribution in [0, 0.1) is 17.3 Å². The van der Waals surface area contributed by atoms with Crippen molar-refractivity contribution in [2.24, 2.45) is 5.41 Å². The molecule has 1 fully saturated rings. The molecule has 1 N–H and O–H groups in total. The molecule has 1 aromatic heterocycles. The van der Waals surface area contributed by atoms with Crippen LogP contribution in [-0.2, 0) is 9.53 Å². The first-order valence-electron chi connectivity index (χ1n) is 13.6. The number of fused-ring (bicyclic) bond motifs is 1. The summed E-state index contributed by atoms with van der Waals surface area (Å²) in [6.07, 6.45) is 1.49. The van der Waals surface area contributed by atoms with Gasteiger partial charge in [-0.25, -0.2) is 0 Å². The fourth-order valence-corrected chi connectivity index (χ4v) is 4.73. The van der Waals surface area contributed by atoms with Crippen LogP contribution in [0.5, 0.6) is 17.2 Å². The number of amides is 2. The lowest BCUT2D eigenvalue weighted by atomic mass is 9.93. The highest BCUT2D eigenvalue weighted by molar-refractivity contribution is 6.03. The molecular formula is C32H34N4O5. The lowest BCUT2D eigenvalue weighted by molar-refractivity contribution is -0.120. The molecular weight excluding hydrogens is 520 g/mol. The average Bonchev–Trinajstić information content (AvgIpc) is 3.09. The Labute approximate surface area is 240 Å². The Kier molecular flexibility index (Phi) is 8.53. The Hall–Kier alpha value is -4.39. The number of benzene rings is 2. The van der Waals surface area contributed by atoms with Crippen LogP contribution in [0.1, 0.15) is 29.9 Å². The van der Waals surface area contributed by atoms with Gasteiger partial charge in [-0.05, 0) is 50.2 Å². The van der Waals surface area contributed by atoms with Gasteiger partial charge in [0.1, 0.15) is 35.6 Å². The maximum Gasteiger partial charge on any atom is 0.270 e. The predicted octanol–water partition coefficient (Wildman–Crippen LogP) is 3.74. The molecule has 212 valence electrons. The van der Waals surface area contributed by atoms with Crippen molar-refractivity contribution in [2.45, 2.75) is 19.9 Å². The number of para-hydroxylation sites is 1. The number of nitrogens with one attached hydrogen (secondary N) is 1. The number of rotatable bonds is 6. The Bertz CT molecular complexity index is 1460. The third kappa shape index (κ3) is 7.23. The van der Waals surface area contributed by atoms with E-state index in [4.69, 9.17) is 14.2 Å². The third-order valence-corrected chi connectivity index (χ3v) is 6.87. The van der Waals surface area contributed by atoms with Gasteiger partial charge in [0.2, 0.25) is 0 Å². The summed E-state index contributed by atoms with van der Waals surface area (Å²) >= 11 is 0. The minimum atomic E-state index is -0.901. The van der Waals surface area contributed by atoms with Crippen LogP contribution in [0.25, 0.3) is 0 Å². The Morgan fingerprint density at radius 1 is 1.10 bits per heavy atom. The smallest absolute Gasteiger partial charge is 0.270 e. The first kappa shape index (κ1) is 28.1. The van der Waals surface area contributed by atoms with E-state index >= 15 is 0 Å². The van der Waals surface area contributed by atoms with Crippen molar-refractivity contribution in [3.63, 3.8) is 0 Å². The van der Waals surface area contributed by atoms with Gasteiger partial charge in [-0.15, -0.1) is 0 Å². The van der Waals surface area contributed by atoms with Gasteiger partial charge >= 0.3 is 0 Å². The number of morpholine rings is 1. The molecule has 3 heterocycles. The molecule has 0 bridgehead atoms. The van der Waals surface area contributed by atoms with Crippen molar-refractivity contribution in [3.8, 4) is 29.1 Å². The number of carbonyl (C=O) groups excluding carboxylic acids is 2. The fraction of sp³-hybridized carbons (Fsp3) is 0.344. The lowest BCUT2D eigenvalue weighted by Gasteiger charge is -2.31. The molecule has 2 aromatic carbocycles. The number of hydrogen-bond donors (Lipinski definition) is 1. The normalized spacial score (nSPS) is 17.4. The van der Waals surface area contributed by atoms with Gasteiger partial charge in [0.05, 0.1) is 18.9 Å². The second-order valence-corrected chi connectivity index (χ2v) is 10.7. The summed E-state index contributed by atoms with van der Waals surface area (Å²) in [4.78, 5) is 34.4. The summed E-state index contributed by atoms with van der Waals surface area (Å²) in [6, 6.07) is 17.1. The Morgan fingerprint density at radius 2 is 1.88 bits per heavy atom. The van der Waals surface area contributed by atoms with Gasteiger partial charge in [0, 0.05) is 49.9 Å². The molecule has 0 radical (unpaired) electrons. The molecule has 1 atom stereocenters. The number of pyridine rings is 1. The van der Waals surface area contributed by atoms with Crippen LogP contribution in [0.4, 0.5) is 5.69 Å². The largest absolute Gasteiger partial charge is 0.489 e. The monoisotopic (exact) mass is 554 g/mol. The van der Waals surface area contributed by atoms with E-state index < -0.39 is 11.9 Å². The molecule has 1 saturated heterocycles. The molecule has 41 heavy (non-hydrogen) atoms. The van der Waals surface area contributed by atoms with E-state index in [-0.39, 0.29) is 23.6 Å². The second kappa shape index (κ2) is 12.4. The molecule has 0 spiro atoms. The van der Waals surface area contributed by atoms with Crippen LogP contribution in [0.2, 0.25) is 0 Å². The van der Waals surface area contributed by atoms with E-state index in [2.05, 4.69) is 40.9 Å². The van der Waals surface area contributed by atoms with Crippen molar-refractivity contribution in [1.82, 2.24) is 15.2 Å². The number of likely N-dealkylation sites (N-methyl/N-ethyl adjacent to an activating group) is 1. The molecule has 2 amide bonds. The number of aromatic nitrogens is 1. The zero-order valence-electron chi connectivity index (χ0n) is 23.6. The molecule has 2 aliphatic heterocycles. The lowest BCUT2D eigenvalue weighted by Crippen LogP contribution is -2.49. The summed E-state index contributed by atoms with van der Waals surface area (Å²) < 4.78 is 17.2. The third-order valence-electron chi connectivity index (χ3n) is 6.87. The maximum absolute atomic E-state index is 13.4. The SMILES string of the molecule is CN1C(=O)C(NC(=O)c2cc(Oc3ccccc3)ccn2)COc2ccc(C#CC(C)(C)CN3CCOCC3)cc21. The first-order chi connectivity index (χ1) is 19.8. The van der Waals surface area contributed by atoms with Crippen molar-refractivity contribution < 1.29 is 23.8 Å². The number of ether oxygens (including phenoxy) is 3. The van der Waals surface area contributed by atoms with E-state index in [1.165, 1.54) is 17.2 Å². The summed E-state index contributed by atoms with van der Waals surface area (Å²) in [5.41, 5.74) is 1.30. The van der Waals surface area contributed by atoms with Crippen molar-refractivity contribution in [1.29, 1.82) is 0 Å². The first-order valence-corrected chi connectivity index (χ1v) is 13.6. The number of nitrogens with zero attached hydrogens (tertiary/aromatic N) is 3. The highest BCUT2D eigenvalue weighted by atomic mass is 16.5. The second-order valence-electron chi connectivity index (χ2n) is 10.7. The van der Waals surface area contributed by atoms with Crippen LogP contribution in [-0.4, -0.2) is 74.2 Å². The maximum atomic E-state index is 13.4. The Morgan fingerprint density at radius 3 is 2.66 bits per heavy atom. The zero-order chi connectivity index (χ0) is 28.8. The molecule has 9 nitrogen and oxygen atoms in total. The average molecular weight is 555 g/mol. The molecule has 3 aromatic rings. The minimum Gasteiger partial charge on any atom is -0.489 e. The Balaban J connectivity index is 1.25. The van der Waals surface area contributed by atoms with Gasteiger partial charge in [-0.3, -0.25) is 19.5 Å². The van der Waals surface area contributed by atoms with Crippen LogP contribution < -0.4 is 19.7 Å². The summed E-state index contributed by atoms with van der Waals surface area (Å²) in [7, 11) is 1.67. The fourth-order valence-electron chi connectivity index (χ4n) is 4.73. The summed E-state index contributed by atoms with van der Waals surface area (Å²) in [5.74, 6) is 7.52. The highest BCUT2D eigenvalue weighted by Crippen LogP contribution is 2.32. The van der Waals surface area contributed by atoms with Gasteiger partial charge in [0.15, 0.2) is 0 Å². The van der Waals surface area contributed by atoms with Gasteiger partial charge < -0.3 is 24.4 Å². The van der Waals surface area contributed by atoms with E-state index in [1.54, 1.807) is 13.1 Å². The predicted molar refractivity (Wildman–Crippen MR) is 155 cm³/mol. The molecule has 2 aliphatic rings. The van der Waals surface area contributed by atoms with E-state index in [0.29, 0.717) is 22.9 Å². The van der Waals surface area contributed by atoms with Crippen LogP contribution >= 0.6 is 0 Å². The molecule has 1 unspecified atom stereocenters. The van der Waals surface area contributed by atoms with Crippen LogP contribution in [0.15, 0.2) is 66.9 Å². The molecule has 5 rings (SSSR count). The van der Waals surface area contributed by atoms with E-state index in [0.717, 1.165) is 38.4 Å². The highest BCUT2D eigenvalue weighted by Gasteiger charge is 2.31. The van der Waals surface area contributed by atoms with Gasteiger partial charge in [-0.2, -0.15) is 0 Å². The van der Waals surface area contributed by atoms with Crippen molar-refractivity contribution in [2.75, 3.05) is 51.4 Å². The zero-order valence-corrected chi connectivity index (χ0v) is 23.6. The summed E-state index contributed by atoms with van der Waals surface area (Å²) in [5, 5.41) is 2.76. The minimum absolute atomic E-state index is 0.0142. The van der Waals surface area contributed by atoms with Crippen LogP contribution in [0.3, 0.4) is 0 Å². The van der Waals surface area contributed by atoms with E-state index in [1.807, 2.05) is 48.5 Å². The van der Waals surface area contributed by atoms with Crippen molar-refractivity contribution >= 4 is 17.5 Å². The molecule has 0 aliphatic carbocycles. The van der Waals surface area contributed by atoms with E-state index in [9.17, 15) is 9.59 Å². The summed E-state index contributed by atoms with van der Waals surface area (Å²) in [6.45, 7) is 8.42. The standard InChI is InChI=1S/C32H34N4O5/c1-32(2,22-36-15-17-39-18-16-36)13-11-23-9-10-29-28(19-23)35(3)31(38)27(21-40-29)34-30(37)26-20-25(12-14-33-26)41-24-7-5-4-6-8-24/h4-10,12,14,19-20,27H,15-18,21-22H2,1-3H3,(H,34,37). The molecule has 9 heteroatoms. The van der Waals surface area contributed by atoms with Gasteiger partial charge in [-0.1, -0.05) is 30.0 Å². The number of anilines is 1. The number of hydrogen-bond acceptors (Lipinski definition) is 7. The van der Waals surface area contributed by atoms with Gasteiger partial charge in [0.25, 0.3) is 11.8 Å². The molecule has 0 saturated carbocycles. The van der Waals surface area contributed by atoms with Crippen molar-refractivity contribution in [3.05, 3.63) is 78.1 Å². The topological polar surface area (TPSA) is 93.2 Å².